The molecule has 1 aliphatic carbocycles. The maximum absolute atomic E-state index is 12.6. The van der Waals surface area contributed by atoms with Crippen LogP contribution < -0.4 is 10.6 Å². The Bertz CT molecular complexity index is 665. The molecule has 1 unspecified atom stereocenters. The molecule has 1 amide bonds. The van der Waals surface area contributed by atoms with E-state index in [0.29, 0.717) is 0 Å². The minimum Gasteiger partial charge on any atom is -0.378 e. The SMILES string of the molecule is Cc1nc(C2CCCN(C(=O)C3(N)CC3)C2)cc(N2CCOCC2)n1.Cl.Cl. The van der Waals surface area contributed by atoms with Crippen molar-refractivity contribution in [2.24, 2.45) is 5.73 Å². The molecule has 4 rings (SSSR count). The molecule has 1 aromatic rings. The van der Waals surface area contributed by atoms with Gasteiger partial charge in [-0.15, -0.1) is 24.8 Å². The van der Waals surface area contributed by atoms with Crippen molar-refractivity contribution < 1.29 is 9.53 Å². The second-order valence-corrected chi connectivity index (χ2v) is 7.54. The zero-order valence-corrected chi connectivity index (χ0v) is 17.4. The van der Waals surface area contributed by atoms with Gasteiger partial charge in [0.2, 0.25) is 5.91 Å². The number of nitrogens with two attached hydrogens (primary N) is 1. The van der Waals surface area contributed by atoms with Crippen molar-refractivity contribution in [2.45, 2.75) is 44.1 Å². The molecule has 27 heavy (non-hydrogen) atoms. The number of halogens is 2. The minimum atomic E-state index is -0.581. The average molecular weight is 418 g/mol. The molecule has 3 fully saturated rings. The molecular weight excluding hydrogens is 389 g/mol. The number of aromatic nitrogens is 2. The minimum absolute atomic E-state index is 0. The Hall–Kier alpha value is -1.15. The molecule has 2 N–H and O–H groups in total. The van der Waals surface area contributed by atoms with Gasteiger partial charge in [-0.3, -0.25) is 4.79 Å². The lowest BCUT2D eigenvalue weighted by Gasteiger charge is -2.35. The summed E-state index contributed by atoms with van der Waals surface area (Å²) in [6, 6.07) is 2.10. The summed E-state index contributed by atoms with van der Waals surface area (Å²) in [7, 11) is 0. The van der Waals surface area contributed by atoms with Gasteiger partial charge in [-0.1, -0.05) is 0 Å². The summed E-state index contributed by atoms with van der Waals surface area (Å²) in [6.45, 7) is 6.68. The summed E-state index contributed by atoms with van der Waals surface area (Å²) < 4.78 is 5.44. The van der Waals surface area contributed by atoms with Crippen LogP contribution in [0.1, 0.15) is 43.1 Å². The monoisotopic (exact) mass is 417 g/mol. The molecule has 7 nitrogen and oxygen atoms in total. The van der Waals surface area contributed by atoms with Crippen LogP contribution in [0.3, 0.4) is 0 Å². The molecule has 0 spiro atoms. The molecular formula is C18H29Cl2N5O2. The van der Waals surface area contributed by atoms with Crippen molar-refractivity contribution in [2.75, 3.05) is 44.3 Å². The number of hydrogen-bond acceptors (Lipinski definition) is 6. The third-order valence-corrected chi connectivity index (χ3v) is 5.52. The summed E-state index contributed by atoms with van der Waals surface area (Å²) in [5, 5.41) is 0. The lowest BCUT2D eigenvalue weighted by Crippen LogP contribution is -2.49. The fraction of sp³-hybridized carbons (Fsp3) is 0.722. The number of anilines is 1. The van der Waals surface area contributed by atoms with Gasteiger partial charge in [0.1, 0.15) is 11.6 Å². The number of nitrogens with zero attached hydrogens (tertiary/aromatic N) is 4. The van der Waals surface area contributed by atoms with E-state index in [2.05, 4.69) is 20.9 Å². The smallest absolute Gasteiger partial charge is 0.242 e. The van der Waals surface area contributed by atoms with E-state index in [-0.39, 0.29) is 36.6 Å². The number of carbonyl (C=O) groups is 1. The largest absolute Gasteiger partial charge is 0.378 e. The Morgan fingerprint density at radius 3 is 2.59 bits per heavy atom. The van der Waals surface area contributed by atoms with Gasteiger partial charge in [-0.2, -0.15) is 0 Å². The van der Waals surface area contributed by atoms with Crippen LogP contribution in [-0.2, 0) is 9.53 Å². The van der Waals surface area contributed by atoms with Gasteiger partial charge in [0, 0.05) is 38.2 Å². The van der Waals surface area contributed by atoms with Crippen molar-refractivity contribution >= 4 is 36.5 Å². The van der Waals surface area contributed by atoms with Gasteiger partial charge in [-0.25, -0.2) is 9.97 Å². The second-order valence-electron chi connectivity index (χ2n) is 7.54. The van der Waals surface area contributed by atoms with Crippen LogP contribution in [0, 0.1) is 6.92 Å². The Morgan fingerprint density at radius 2 is 1.93 bits per heavy atom. The van der Waals surface area contributed by atoms with E-state index < -0.39 is 5.54 Å². The average Bonchev–Trinajstić information content (AvgIpc) is 3.40. The number of piperidine rings is 1. The first-order valence-electron chi connectivity index (χ1n) is 9.32. The number of amides is 1. The quantitative estimate of drug-likeness (QED) is 0.804. The number of hydrogen-bond donors (Lipinski definition) is 1. The maximum Gasteiger partial charge on any atom is 0.242 e. The molecule has 1 aromatic heterocycles. The topological polar surface area (TPSA) is 84.6 Å². The van der Waals surface area contributed by atoms with E-state index in [9.17, 15) is 4.79 Å². The van der Waals surface area contributed by atoms with Crippen LogP contribution in [0.2, 0.25) is 0 Å². The Balaban J connectivity index is 0.00000131. The third kappa shape index (κ3) is 4.83. The molecule has 0 radical (unpaired) electrons. The predicted octanol–water partition coefficient (Wildman–Crippen LogP) is 1.66. The van der Waals surface area contributed by atoms with Crippen molar-refractivity contribution in [1.29, 1.82) is 0 Å². The number of aryl methyl sites for hydroxylation is 1. The van der Waals surface area contributed by atoms with Crippen LogP contribution in [0.25, 0.3) is 0 Å². The van der Waals surface area contributed by atoms with Gasteiger partial charge >= 0.3 is 0 Å². The molecule has 3 heterocycles. The molecule has 2 aliphatic heterocycles. The third-order valence-electron chi connectivity index (χ3n) is 5.52. The fourth-order valence-electron chi connectivity index (χ4n) is 3.80. The van der Waals surface area contributed by atoms with Gasteiger partial charge in [0.05, 0.1) is 24.4 Å². The lowest BCUT2D eigenvalue weighted by molar-refractivity contribution is -0.134. The van der Waals surface area contributed by atoms with Crippen LogP contribution in [-0.4, -0.2) is 65.7 Å². The molecule has 2 saturated heterocycles. The molecule has 9 heteroatoms. The van der Waals surface area contributed by atoms with Crippen molar-refractivity contribution in [3.63, 3.8) is 0 Å². The summed E-state index contributed by atoms with van der Waals surface area (Å²) in [5.74, 6) is 2.16. The first-order chi connectivity index (χ1) is 12.0. The summed E-state index contributed by atoms with van der Waals surface area (Å²) in [4.78, 5) is 26.1. The van der Waals surface area contributed by atoms with Crippen molar-refractivity contribution in [1.82, 2.24) is 14.9 Å². The number of ether oxygens (including phenoxy) is 1. The van der Waals surface area contributed by atoms with E-state index in [1.54, 1.807) is 0 Å². The normalized spacial score (nSPS) is 23.9. The summed E-state index contributed by atoms with van der Waals surface area (Å²) in [6.07, 6.45) is 3.70. The highest BCUT2D eigenvalue weighted by Crippen LogP contribution is 2.36. The van der Waals surface area contributed by atoms with E-state index >= 15 is 0 Å². The summed E-state index contributed by atoms with van der Waals surface area (Å²) in [5.41, 5.74) is 6.58. The zero-order valence-electron chi connectivity index (χ0n) is 15.7. The van der Waals surface area contributed by atoms with Gasteiger partial charge in [0.25, 0.3) is 0 Å². The number of morpholine rings is 1. The fourth-order valence-corrected chi connectivity index (χ4v) is 3.80. The molecule has 1 saturated carbocycles. The van der Waals surface area contributed by atoms with Crippen molar-refractivity contribution in [3.05, 3.63) is 17.6 Å². The first-order valence-corrected chi connectivity index (χ1v) is 9.32. The standard InChI is InChI=1S/C18H27N5O2.2ClH/c1-13-20-15(11-16(21-13)22-7-9-25-10-8-22)14-3-2-6-23(12-14)17(24)18(19)4-5-18;;/h11,14H,2-10,12,19H2,1H3;2*1H. The van der Waals surface area contributed by atoms with Gasteiger partial charge in [0.15, 0.2) is 0 Å². The van der Waals surface area contributed by atoms with Crippen LogP contribution >= 0.6 is 24.8 Å². The van der Waals surface area contributed by atoms with E-state index in [1.165, 1.54) is 0 Å². The highest BCUT2D eigenvalue weighted by atomic mass is 35.5. The molecule has 3 aliphatic rings. The Labute approximate surface area is 172 Å². The van der Waals surface area contributed by atoms with Crippen molar-refractivity contribution in [3.8, 4) is 0 Å². The van der Waals surface area contributed by atoms with Gasteiger partial charge < -0.3 is 20.3 Å². The second kappa shape index (κ2) is 8.90. The van der Waals surface area contributed by atoms with Crippen LogP contribution in [0.4, 0.5) is 5.82 Å². The van der Waals surface area contributed by atoms with Crippen LogP contribution in [0.15, 0.2) is 6.07 Å². The number of rotatable bonds is 3. The van der Waals surface area contributed by atoms with E-state index in [0.717, 1.165) is 82.4 Å². The molecule has 1 atom stereocenters. The Kier molecular flexibility index (Phi) is 7.30. The highest BCUT2D eigenvalue weighted by molar-refractivity contribution is 5.89. The zero-order chi connectivity index (χ0) is 17.4. The molecule has 0 aromatic carbocycles. The first kappa shape index (κ1) is 22.1. The van der Waals surface area contributed by atoms with E-state index in [1.807, 2.05) is 11.8 Å². The molecule has 152 valence electrons. The maximum atomic E-state index is 12.6. The van der Waals surface area contributed by atoms with E-state index in [4.69, 9.17) is 10.5 Å². The highest BCUT2D eigenvalue weighted by Gasteiger charge is 2.48. The Morgan fingerprint density at radius 1 is 1.22 bits per heavy atom. The number of likely N-dealkylation sites (tertiary alicyclic amines) is 1. The summed E-state index contributed by atoms with van der Waals surface area (Å²) >= 11 is 0. The molecule has 0 bridgehead atoms. The lowest BCUT2D eigenvalue weighted by atomic mass is 9.93. The van der Waals surface area contributed by atoms with Crippen LogP contribution in [0.5, 0.6) is 0 Å². The number of carbonyl (C=O) groups excluding carboxylic acids is 1. The predicted molar refractivity (Wildman–Crippen MR) is 109 cm³/mol. The van der Waals surface area contributed by atoms with Gasteiger partial charge in [-0.05, 0) is 32.6 Å².